The van der Waals surface area contributed by atoms with Crippen molar-refractivity contribution in [3.63, 3.8) is 0 Å². The second-order valence-electron chi connectivity index (χ2n) is 4.08. The molecule has 0 amide bonds. The molecule has 1 aliphatic rings. The molecule has 0 nitrogen and oxygen atoms in total. The van der Waals surface area contributed by atoms with Gasteiger partial charge in [-0.3, -0.25) is 0 Å². The predicted molar refractivity (Wildman–Crippen MR) is 65.9 cm³/mol. The van der Waals surface area contributed by atoms with Crippen LogP contribution in [0.25, 0.3) is 0 Å². The number of hydrogen-bond donors (Lipinski definition) is 0. The van der Waals surface area contributed by atoms with Gasteiger partial charge in [0, 0.05) is 5.92 Å². The Hall–Kier alpha value is -1.30. The lowest BCUT2D eigenvalue weighted by Gasteiger charge is -2.20. The molecule has 1 unspecified atom stereocenters. The molecule has 78 valence electrons. The van der Waals surface area contributed by atoms with Crippen molar-refractivity contribution < 1.29 is 0 Å². The Morgan fingerprint density at radius 3 is 2.60 bits per heavy atom. The van der Waals surface area contributed by atoms with Crippen LogP contribution in [0.3, 0.4) is 0 Å². The van der Waals surface area contributed by atoms with E-state index in [-0.39, 0.29) is 0 Å². The summed E-state index contributed by atoms with van der Waals surface area (Å²) in [6.07, 6.45) is 10.4. The zero-order valence-electron chi connectivity index (χ0n) is 9.32. The summed E-state index contributed by atoms with van der Waals surface area (Å²) in [5.41, 5.74) is 3.05. The van der Waals surface area contributed by atoms with E-state index in [0.29, 0.717) is 5.92 Å². The largest absolute Gasteiger partial charge is 0.0842 e. The second kappa shape index (κ2) is 4.97. The summed E-state index contributed by atoms with van der Waals surface area (Å²) in [4.78, 5) is 0. The van der Waals surface area contributed by atoms with Crippen molar-refractivity contribution in [2.45, 2.75) is 32.1 Å². The maximum Gasteiger partial charge on any atom is 0.00487 e. The zero-order chi connectivity index (χ0) is 10.5. The lowest BCUT2D eigenvalue weighted by Crippen LogP contribution is -2.02. The van der Waals surface area contributed by atoms with Crippen LogP contribution in [0.1, 0.15) is 37.7 Å². The highest BCUT2D eigenvalue weighted by atomic mass is 14.2. The fourth-order valence-electron chi connectivity index (χ4n) is 2.31. The minimum Gasteiger partial charge on any atom is -0.0842 e. The molecule has 0 fully saturated rings. The fourth-order valence-corrected chi connectivity index (χ4v) is 2.31. The maximum absolute atomic E-state index is 2.30. The van der Waals surface area contributed by atoms with Crippen LogP contribution in [0.2, 0.25) is 0 Å². The molecular formula is C15H18. The van der Waals surface area contributed by atoms with Crippen molar-refractivity contribution in [3.05, 3.63) is 59.7 Å². The Labute approximate surface area is 92.3 Å². The van der Waals surface area contributed by atoms with Crippen LogP contribution in [0, 0.1) is 0 Å². The van der Waals surface area contributed by atoms with E-state index in [1.165, 1.54) is 24.8 Å². The van der Waals surface area contributed by atoms with Gasteiger partial charge in [0.15, 0.2) is 0 Å². The molecule has 0 heterocycles. The fraction of sp³-hybridized carbons (Fsp3) is 0.333. The summed E-state index contributed by atoms with van der Waals surface area (Å²) < 4.78 is 0. The Morgan fingerprint density at radius 1 is 1.20 bits per heavy atom. The maximum atomic E-state index is 2.30. The number of allylic oxidation sites excluding steroid dienone is 4. The van der Waals surface area contributed by atoms with E-state index >= 15 is 0 Å². The average molecular weight is 198 g/mol. The first-order valence-electron chi connectivity index (χ1n) is 5.82. The molecule has 0 aliphatic heterocycles. The van der Waals surface area contributed by atoms with Crippen molar-refractivity contribution in [1.29, 1.82) is 0 Å². The number of hydrogen-bond acceptors (Lipinski definition) is 0. The second-order valence-corrected chi connectivity index (χ2v) is 4.08. The van der Waals surface area contributed by atoms with Gasteiger partial charge < -0.3 is 0 Å². The molecule has 1 aromatic rings. The monoisotopic (exact) mass is 198 g/mol. The van der Waals surface area contributed by atoms with Crippen LogP contribution < -0.4 is 0 Å². The van der Waals surface area contributed by atoms with E-state index in [1.54, 1.807) is 5.57 Å². The first kappa shape index (κ1) is 10.2. The summed E-state index contributed by atoms with van der Waals surface area (Å²) in [6.45, 7) is 2.27. The lowest BCUT2D eigenvalue weighted by molar-refractivity contribution is 0.712. The van der Waals surface area contributed by atoms with E-state index in [1.807, 2.05) is 0 Å². The van der Waals surface area contributed by atoms with E-state index in [0.717, 1.165) is 0 Å². The topological polar surface area (TPSA) is 0 Å². The first-order valence-corrected chi connectivity index (χ1v) is 5.82. The van der Waals surface area contributed by atoms with E-state index < -0.39 is 0 Å². The standard InChI is InChI=1S/C15H18/c1-2-15(13-9-5-3-6-10-13)14-11-7-4-8-12-14/h3-7,9-11,15H,2,8,12H2,1H3. The predicted octanol–water partition coefficient (Wildman–Crippen LogP) is 4.46. The molecule has 0 heteroatoms. The molecule has 0 saturated carbocycles. The van der Waals surface area contributed by atoms with Gasteiger partial charge in [-0.1, -0.05) is 61.1 Å². The normalized spacial score (nSPS) is 17.3. The van der Waals surface area contributed by atoms with Gasteiger partial charge >= 0.3 is 0 Å². The van der Waals surface area contributed by atoms with E-state index in [4.69, 9.17) is 0 Å². The van der Waals surface area contributed by atoms with Crippen LogP contribution >= 0.6 is 0 Å². The lowest BCUT2D eigenvalue weighted by atomic mass is 9.85. The third-order valence-electron chi connectivity index (χ3n) is 3.10. The van der Waals surface area contributed by atoms with Gasteiger partial charge in [-0.15, -0.1) is 0 Å². The smallest absolute Gasteiger partial charge is 0.00487 e. The van der Waals surface area contributed by atoms with Gasteiger partial charge in [0.2, 0.25) is 0 Å². The highest BCUT2D eigenvalue weighted by molar-refractivity contribution is 5.32. The summed E-state index contributed by atoms with van der Waals surface area (Å²) in [5, 5.41) is 0. The van der Waals surface area contributed by atoms with Crippen molar-refractivity contribution in [1.82, 2.24) is 0 Å². The van der Waals surface area contributed by atoms with E-state index in [9.17, 15) is 0 Å². The van der Waals surface area contributed by atoms with Crippen LogP contribution in [0.5, 0.6) is 0 Å². The molecule has 0 aromatic heterocycles. The number of benzene rings is 1. The molecule has 0 bridgehead atoms. The van der Waals surface area contributed by atoms with E-state index in [2.05, 4.69) is 55.5 Å². The van der Waals surface area contributed by atoms with Gasteiger partial charge in [0.25, 0.3) is 0 Å². The molecule has 15 heavy (non-hydrogen) atoms. The number of rotatable bonds is 3. The molecular weight excluding hydrogens is 180 g/mol. The van der Waals surface area contributed by atoms with Crippen molar-refractivity contribution in [2.24, 2.45) is 0 Å². The quantitative estimate of drug-likeness (QED) is 0.672. The van der Waals surface area contributed by atoms with Gasteiger partial charge in [-0.2, -0.15) is 0 Å². The minimum absolute atomic E-state index is 0.621. The average Bonchev–Trinajstić information content (AvgIpc) is 2.33. The van der Waals surface area contributed by atoms with Crippen LogP contribution in [-0.4, -0.2) is 0 Å². The summed E-state index contributed by atoms with van der Waals surface area (Å²) in [5.74, 6) is 0.621. The van der Waals surface area contributed by atoms with Gasteiger partial charge in [0.1, 0.15) is 0 Å². The van der Waals surface area contributed by atoms with Gasteiger partial charge in [0.05, 0.1) is 0 Å². The Bertz CT molecular complexity index is 357. The van der Waals surface area contributed by atoms with Gasteiger partial charge in [-0.25, -0.2) is 0 Å². The van der Waals surface area contributed by atoms with Gasteiger partial charge in [-0.05, 0) is 24.8 Å². The summed E-state index contributed by atoms with van der Waals surface area (Å²) >= 11 is 0. The summed E-state index contributed by atoms with van der Waals surface area (Å²) in [6, 6.07) is 10.8. The van der Waals surface area contributed by atoms with Crippen LogP contribution in [0.15, 0.2) is 54.1 Å². The van der Waals surface area contributed by atoms with Crippen LogP contribution in [0.4, 0.5) is 0 Å². The highest BCUT2D eigenvalue weighted by Crippen LogP contribution is 2.31. The van der Waals surface area contributed by atoms with Crippen molar-refractivity contribution in [3.8, 4) is 0 Å². The SMILES string of the molecule is CCC(C1=CC=CCC1)c1ccccc1. The molecule has 0 radical (unpaired) electrons. The third-order valence-corrected chi connectivity index (χ3v) is 3.10. The zero-order valence-corrected chi connectivity index (χ0v) is 9.32. The highest BCUT2D eigenvalue weighted by Gasteiger charge is 2.14. The molecule has 0 saturated heterocycles. The summed E-state index contributed by atoms with van der Waals surface area (Å²) in [7, 11) is 0. The molecule has 1 atom stereocenters. The Kier molecular flexibility index (Phi) is 3.39. The third kappa shape index (κ3) is 2.38. The first-order chi connectivity index (χ1) is 7.42. The van der Waals surface area contributed by atoms with Crippen molar-refractivity contribution >= 4 is 0 Å². The Balaban J connectivity index is 2.24. The molecule has 1 aromatic carbocycles. The molecule has 1 aliphatic carbocycles. The minimum atomic E-state index is 0.621. The molecule has 0 spiro atoms. The molecule has 0 N–H and O–H groups in total. The van der Waals surface area contributed by atoms with Crippen LogP contribution in [-0.2, 0) is 0 Å². The molecule has 2 rings (SSSR count). The Morgan fingerprint density at radius 2 is 2.00 bits per heavy atom. The van der Waals surface area contributed by atoms with Crippen molar-refractivity contribution in [2.75, 3.05) is 0 Å².